The SMILES string of the molecule is CC(C)(C)[C@H](NC(=O)COCCCCOc1ccc(-c2ccc(N3C(=S)N(c4ccc(C#N)c(C(F)(F)F)c4F)C(=O)C3(C)C)cn2)cc1)C(=O)N1C[C@H](O)C[C@H]1c1nc(-c2ccccc2)c[nH]1. The Kier molecular flexibility index (Phi) is 14.3. The number of halogens is 4. The van der Waals surface area contributed by atoms with Crippen molar-refractivity contribution < 1.29 is 46.5 Å². The normalized spacial score (nSPS) is 17.6. The number of carbonyl (C=O) groups is 3. The standard InChI is InChI=1S/C49H50F4N8O6S/c1-47(2,3)42(44(64)59-27-33(62)23-38(59)43-56-26-36(57-43)29-11-7-6-8-12-29)58-39(63)28-66-21-9-10-22-67-34-17-13-30(14-18-34)35-19-16-32(25-55-35)61-46(68)60(45(65)48(61,4)5)37-20-15-31(24-54)40(41(37)50)49(51,52)53/h6-8,11-20,25-26,33,38,42,62H,9-10,21-23,27-28H2,1-5H3,(H,56,57)(H,58,63)/t33-,38+,42-/m1/s1. The van der Waals surface area contributed by atoms with Crippen molar-refractivity contribution >= 4 is 46.4 Å². The number of rotatable bonds is 15. The van der Waals surface area contributed by atoms with Gasteiger partial charge in [-0.05, 0) is 92.9 Å². The molecule has 14 nitrogen and oxygen atoms in total. The molecule has 19 heteroatoms. The molecule has 2 aromatic heterocycles. The quantitative estimate of drug-likeness (QED) is 0.0525. The molecule has 356 valence electrons. The number of pyridine rings is 1. The lowest BCUT2D eigenvalue weighted by Crippen LogP contribution is -2.55. The lowest BCUT2D eigenvalue weighted by atomic mass is 9.85. The van der Waals surface area contributed by atoms with Crippen LogP contribution in [0.25, 0.3) is 22.5 Å². The Labute approximate surface area is 395 Å². The monoisotopic (exact) mass is 954 g/mol. The average molecular weight is 955 g/mol. The van der Waals surface area contributed by atoms with E-state index in [1.54, 1.807) is 47.5 Å². The zero-order chi connectivity index (χ0) is 49.1. The maximum Gasteiger partial charge on any atom is 0.420 e. The van der Waals surface area contributed by atoms with Crippen LogP contribution in [0.5, 0.6) is 5.75 Å². The molecular weight excluding hydrogens is 905 g/mol. The van der Waals surface area contributed by atoms with Gasteiger partial charge in [-0.1, -0.05) is 51.1 Å². The molecule has 7 rings (SSSR count). The molecule has 68 heavy (non-hydrogen) atoms. The number of hydrogen-bond donors (Lipinski definition) is 3. The molecule has 3 N–H and O–H groups in total. The van der Waals surface area contributed by atoms with Crippen LogP contribution in [0.2, 0.25) is 0 Å². The maximum absolute atomic E-state index is 15.4. The van der Waals surface area contributed by atoms with Crippen molar-refractivity contribution in [2.75, 3.05) is 36.2 Å². The van der Waals surface area contributed by atoms with Gasteiger partial charge >= 0.3 is 6.18 Å². The first kappa shape index (κ1) is 49.2. The summed E-state index contributed by atoms with van der Waals surface area (Å²) in [6.45, 7) is 9.13. The van der Waals surface area contributed by atoms with Gasteiger partial charge in [0.2, 0.25) is 11.8 Å². The Morgan fingerprint density at radius 2 is 1.69 bits per heavy atom. The van der Waals surface area contributed by atoms with E-state index in [2.05, 4.69) is 15.3 Å². The zero-order valence-electron chi connectivity index (χ0n) is 37.9. The number of benzene rings is 3. The van der Waals surface area contributed by atoms with Crippen molar-refractivity contribution in [2.24, 2.45) is 5.41 Å². The van der Waals surface area contributed by atoms with Crippen LogP contribution >= 0.6 is 12.2 Å². The van der Waals surface area contributed by atoms with Gasteiger partial charge in [-0.2, -0.15) is 18.4 Å². The second-order valence-electron chi connectivity index (χ2n) is 18.1. The fourth-order valence-corrected chi connectivity index (χ4v) is 8.73. The minimum absolute atomic E-state index is 0.111. The number of carbonyl (C=O) groups excluding carboxylic acids is 3. The van der Waals surface area contributed by atoms with Gasteiger partial charge in [0.15, 0.2) is 10.9 Å². The van der Waals surface area contributed by atoms with Crippen LogP contribution in [0.3, 0.4) is 0 Å². The summed E-state index contributed by atoms with van der Waals surface area (Å²) in [5.41, 5.74) is -2.22. The Morgan fingerprint density at radius 3 is 2.34 bits per heavy atom. The van der Waals surface area contributed by atoms with Gasteiger partial charge in [-0.25, -0.2) is 9.37 Å². The highest BCUT2D eigenvalue weighted by Gasteiger charge is 2.52. The summed E-state index contributed by atoms with van der Waals surface area (Å²) in [6, 6.07) is 21.8. The Morgan fingerprint density at radius 1 is 1.00 bits per heavy atom. The summed E-state index contributed by atoms with van der Waals surface area (Å²) in [5.74, 6) is -2.14. The smallest absolute Gasteiger partial charge is 0.420 e. The van der Waals surface area contributed by atoms with E-state index >= 15 is 4.39 Å². The number of nitrogens with zero attached hydrogens (tertiary/aromatic N) is 6. The largest absolute Gasteiger partial charge is 0.494 e. The zero-order valence-corrected chi connectivity index (χ0v) is 38.8. The predicted octanol–water partition coefficient (Wildman–Crippen LogP) is 8.13. The third-order valence-corrected chi connectivity index (χ3v) is 12.1. The fourth-order valence-electron chi connectivity index (χ4n) is 8.22. The lowest BCUT2D eigenvalue weighted by Gasteiger charge is -2.35. The van der Waals surface area contributed by atoms with Crippen LogP contribution < -0.4 is 19.9 Å². The van der Waals surface area contributed by atoms with Gasteiger partial charge in [0, 0.05) is 36.9 Å². The van der Waals surface area contributed by atoms with Crippen molar-refractivity contribution in [2.45, 2.75) is 83.8 Å². The first-order valence-corrected chi connectivity index (χ1v) is 22.3. The summed E-state index contributed by atoms with van der Waals surface area (Å²) < 4.78 is 68.3. The number of likely N-dealkylation sites (tertiary alicyclic amines) is 1. The molecule has 0 aliphatic carbocycles. The summed E-state index contributed by atoms with van der Waals surface area (Å²) >= 11 is 5.53. The maximum atomic E-state index is 15.4. The highest BCUT2D eigenvalue weighted by atomic mass is 32.1. The van der Waals surface area contributed by atoms with Crippen LogP contribution in [-0.2, 0) is 25.3 Å². The first-order valence-electron chi connectivity index (χ1n) is 21.8. The molecule has 2 saturated heterocycles. The molecule has 0 bridgehead atoms. The van der Waals surface area contributed by atoms with Crippen molar-refractivity contribution in [1.29, 1.82) is 5.26 Å². The summed E-state index contributed by atoms with van der Waals surface area (Å²) in [7, 11) is 0. The van der Waals surface area contributed by atoms with Crippen LogP contribution in [0, 0.1) is 22.6 Å². The van der Waals surface area contributed by atoms with Gasteiger partial charge in [0.25, 0.3) is 5.91 Å². The number of unbranched alkanes of at least 4 members (excludes halogenated alkanes) is 1. The molecule has 0 spiro atoms. The van der Waals surface area contributed by atoms with Crippen molar-refractivity contribution in [3.05, 3.63) is 114 Å². The molecule has 5 aromatic rings. The van der Waals surface area contributed by atoms with E-state index in [-0.39, 0.29) is 30.8 Å². The molecule has 3 amide bonds. The summed E-state index contributed by atoms with van der Waals surface area (Å²) in [5, 5.41) is 22.4. The minimum atomic E-state index is -5.19. The molecule has 0 unspecified atom stereocenters. The third-order valence-electron chi connectivity index (χ3n) is 11.7. The number of aromatic nitrogens is 3. The van der Waals surface area contributed by atoms with Gasteiger partial charge in [-0.15, -0.1) is 0 Å². The highest BCUT2D eigenvalue weighted by molar-refractivity contribution is 7.81. The molecule has 3 atom stereocenters. The van der Waals surface area contributed by atoms with E-state index < -0.39 is 69.8 Å². The van der Waals surface area contributed by atoms with Crippen LogP contribution in [0.15, 0.2) is 91.3 Å². The molecule has 2 fully saturated rings. The second-order valence-corrected chi connectivity index (χ2v) is 18.4. The molecule has 3 aromatic carbocycles. The first-order chi connectivity index (χ1) is 32.2. The van der Waals surface area contributed by atoms with E-state index in [1.807, 2.05) is 51.1 Å². The van der Waals surface area contributed by atoms with Crippen molar-refractivity contribution in [1.82, 2.24) is 25.2 Å². The fraction of sp³-hybridized carbons (Fsp3) is 0.367. The molecule has 0 saturated carbocycles. The Bertz CT molecular complexity index is 2700. The number of ether oxygens (including phenoxy) is 2. The van der Waals surface area contributed by atoms with Gasteiger partial charge in [0.05, 0.1) is 59.3 Å². The van der Waals surface area contributed by atoms with Crippen molar-refractivity contribution in [3.8, 4) is 34.3 Å². The molecule has 2 aliphatic heterocycles. The van der Waals surface area contributed by atoms with Crippen LogP contribution in [0.1, 0.15) is 76.9 Å². The summed E-state index contributed by atoms with van der Waals surface area (Å²) in [4.78, 5) is 56.8. The number of imidazole rings is 1. The van der Waals surface area contributed by atoms with E-state index in [4.69, 9.17) is 26.7 Å². The number of nitriles is 1. The van der Waals surface area contributed by atoms with E-state index in [9.17, 15) is 37.9 Å². The predicted molar refractivity (Wildman–Crippen MR) is 248 cm³/mol. The highest BCUT2D eigenvalue weighted by Crippen LogP contribution is 2.42. The number of H-pyrrole nitrogens is 1. The van der Waals surface area contributed by atoms with E-state index in [0.29, 0.717) is 53.7 Å². The summed E-state index contributed by atoms with van der Waals surface area (Å²) in [6.07, 6.45) is -1.17. The average Bonchev–Trinajstić information content (AvgIpc) is 3.99. The molecule has 0 radical (unpaired) electrons. The van der Waals surface area contributed by atoms with Gasteiger partial charge in [0.1, 0.15) is 35.3 Å². The Balaban J connectivity index is 0.869. The topological polar surface area (TPSA) is 177 Å². The van der Waals surface area contributed by atoms with E-state index in [0.717, 1.165) is 29.0 Å². The van der Waals surface area contributed by atoms with Gasteiger partial charge in [-0.3, -0.25) is 24.3 Å². The van der Waals surface area contributed by atoms with E-state index in [1.165, 1.54) is 31.0 Å². The molecule has 4 heterocycles. The number of anilines is 2. The third kappa shape index (κ3) is 10.4. The number of nitrogens with one attached hydrogen (secondary N) is 2. The number of amides is 3. The number of aromatic amines is 1. The number of alkyl halides is 3. The van der Waals surface area contributed by atoms with Crippen LogP contribution in [0.4, 0.5) is 28.9 Å². The number of aliphatic hydroxyl groups excluding tert-OH is 1. The van der Waals surface area contributed by atoms with Crippen molar-refractivity contribution in [3.63, 3.8) is 0 Å². The Hall–Kier alpha value is -6.75. The van der Waals surface area contributed by atoms with Gasteiger partial charge < -0.3 is 34.7 Å². The molecule has 2 aliphatic rings. The number of hydrogen-bond acceptors (Lipinski definition) is 10. The second kappa shape index (κ2) is 19.8. The lowest BCUT2D eigenvalue weighted by molar-refractivity contribution is -0.141. The number of thiocarbonyl (C=S) groups is 1. The number of β-amino-alcohol motifs (C(OH)–C–C–N with tert-alkyl or cyclic N) is 1. The molecular formula is C49H50F4N8O6S. The number of aliphatic hydroxyl groups is 1. The van der Waals surface area contributed by atoms with Crippen LogP contribution in [-0.4, -0.2) is 91.8 Å². The minimum Gasteiger partial charge on any atom is -0.494 e.